The number of amides is 1. The lowest BCUT2D eigenvalue weighted by Crippen LogP contribution is -2.45. The van der Waals surface area contributed by atoms with E-state index in [1.54, 1.807) is 13.8 Å². The number of carbonyl (C=O) groups is 2. The molecule has 1 atom stereocenters. The monoisotopic (exact) mass is 239 g/mol. The summed E-state index contributed by atoms with van der Waals surface area (Å²) in [5, 5.41) is 9.41. The van der Waals surface area contributed by atoms with Gasteiger partial charge in [-0.2, -0.15) is 0 Å². The van der Waals surface area contributed by atoms with Crippen molar-refractivity contribution in [3.8, 4) is 0 Å². The number of Topliss-reactive ketones (excluding diaryl/α,β-unsaturated/α-hetero) is 1. The lowest BCUT2D eigenvalue weighted by Gasteiger charge is -2.27. The van der Waals surface area contributed by atoms with Crippen LogP contribution in [0, 0.1) is 5.41 Å². The fraction of sp³-hybridized carbons (Fsp3) is 0.692. The third-order valence-electron chi connectivity index (χ3n) is 3.59. The summed E-state index contributed by atoms with van der Waals surface area (Å²) in [5.74, 6) is -0.902. The number of ketones is 1. The summed E-state index contributed by atoms with van der Waals surface area (Å²) in [6.45, 7) is 9.41. The molecule has 0 saturated carbocycles. The Labute approximate surface area is 102 Å². The Bertz CT molecular complexity index is 347. The van der Waals surface area contributed by atoms with Crippen LogP contribution in [0.5, 0.6) is 0 Å². The normalized spacial score (nSPS) is 20.4. The van der Waals surface area contributed by atoms with Crippen LogP contribution in [-0.4, -0.2) is 34.3 Å². The number of aliphatic hydroxyl groups is 1. The number of carbonyl (C=O) groups excluding carboxylic acids is 2. The average Bonchev–Trinajstić information content (AvgIpc) is 2.75. The van der Waals surface area contributed by atoms with Crippen LogP contribution >= 0.6 is 0 Å². The van der Waals surface area contributed by atoms with Crippen LogP contribution in [0.25, 0.3) is 0 Å². The first-order valence-corrected chi connectivity index (χ1v) is 6.04. The van der Waals surface area contributed by atoms with Crippen molar-refractivity contribution in [3.63, 3.8) is 0 Å². The third kappa shape index (κ3) is 2.68. The van der Waals surface area contributed by atoms with E-state index in [2.05, 4.69) is 6.58 Å². The highest BCUT2D eigenvalue weighted by atomic mass is 16.3. The molecule has 1 aliphatic rings. The second-order valence-corrected chi connectivity index (χ2v) is 5.21. The van der Waals surface area contributed by atoms with Crippen molar-refractivity contribution in [2.75, 3.05) is 6.54 Å². The van der Waals surface area contributed by atoms with Crippen molar-refractivity contribution in [2.45, 2.75) is 46.1 Å². The molecule has 0 aliphatic carbocycles. The van der Waals surface area contributed by atoms with Crippen molar-refractivity contribution in [2.24, 2.45) is 5.41 Å². The molecule has 4 heteroatoms. The molecule has 1 fully saturated rings. The summed E-state index contributed by atoms with van der Waals surface area (Å²) in [6, 6.07) is -0.390. The first-order valence-electron chi connectivity index (χ1n) is 6.04. The third-order valence-corrected chi connectivity index (χ3v) is 3.59. The molecular weight excluding hydrogens is 218 g/mol. The quantitative estimate of drug-likeness (QED) is 0.603. The molecule has 1 aliphatic heterocycles. The molecule has 96 valence electrons. The van der Waals surface area contributed by atoms with Gasteiger partial charge in [0.05, 0.1) is 6.04 Å². The van der Waals surface area contributed by atoms with Crippen LogP contribution in [0.3, 0.4) is 0 Å². The van der Waals surface area contributed by atoms with E-state index < -0.39 is 11.3 Å². The van der Waals surface area contributed by atoms with Gasteiger partial charge in [0.25, 0.3) is 5.91 Å². The van der Waals surface area contributed by atoms with Crippen LogP contribution in [0.2, 0.25) is 0 Å². The van der Waals surface area contributed by atoms with Gasteiger partial charge in [0.1, 0.15) is 5.76 Å². The van der Waals surface area contributed by atoms with Crippen LogP contribution in [0.1, 0.15) is 40.0 Å². The van der Waals surface area contributed by atoms with Gasteiger partial charge in [-0.1, -0.05) is 27.4 Å². The molecule has 1 N–H and O–H groups in total. The zero-order valence-corrected chi connectivity index (χ0v) is 10.8. The van der Waals surface area contributed by atoms with Gasteiger partial charge < -0.3 is 10.0 Å². The molecule has 0 spiro atoms. The molecule has 1 heterocycles. The molecule has 17 heavy (non-hydrogen) atoms. The highest BCUT2D eigenvalue weighted by Crippen LogP contribution is 2.26. The minimum atomic E-state index is -0.638. The van der Waals surface area contributed by atoms with Gasteiger partial charge >= 0.3 is 0 Å². The molecule has 1 amide bonds. The smallest absolute Gasteiger partial charge is 0.291 e. The number of hydrogen-bond acceptors (Lipinski definition) is 3. The molecule has 1 saturated heterocycles. The SMILES string of the molecule is C=C(O)[C@@H]1CCCN1C(=O)C(=O)C(C)(C)CC. The van der Waals surface area contributed by atoms with E-state index in [4.69, 9.17) is 0 Å². The fourth-order valence-electron chi connectivity index (χ4n) is 1.94. The summed E-state index contributed by atoms with van der Waals surface area (Å²) < 4.78 is 0. The summed E-state index contributed by atoms with van der Waals surface area (Å²) in [4.78, 5) is 25.6. The molecule has 0 aromatic rings. The molecule has 0 radical (unpaired) electrons. The predicted octanol–water partition coefficient (Wildman–Crippen LogP) is 2.05. The maximum absolute atomic E-state index is 12.1. The zero-order chi connectivity index (χ0) is 13.2. The van der Waals surface area contributed by atoms with Crippen LogP contribution < -0.4 is 0 Å². The molecule has 0 aromatic carbocycles. The molecule has 0 bridgehead atoms. The predicted molar refractivity (Wildman–Crippen MR) is 65.6 cm³/mol. The molecule has 4 nitrogen and oxygen atoms in total. The van der Waals surface area contributed by atoms with Gasteiger partial charge in [-0.15, -0.1) is 0 Å². The summed E-state index contributed by atoms with van der Waals surface area (Å²) in [5.41, 5.74) is -0.638. The van der Waals surface area contributed by atoms with Gasteiger partial charge in [-0.05, 0) is 19.3 Å². The van der Waals surface area contributed by atoms with Crippen molar-refractivity contribution >= 4 is 11.7 Å². The Balaban J connectivity index is 2.83. The first-order chi connectivity index (χ1) is 7.81. The maximum Gasteiger partial charge on any atom is 0.291 e. The number of aliphatic hydroxyl groups excluding tert-OH is 1. The highest BCUT2D eigenvalue weighted by Gasteiger charge is 2.39. The lowest BCUT2D eigenvalue weighted by molar-refractivity contribution is -0.149. The second kappa shape index (κ2) is 4.90. The second-order valence-electron chi connectivity index (χ2n) is 5.21. The summed E-state index contributed by atoms with van der Waals surface area (Å²) in [7, 11) is 0. The first kappa shape index (κ1) is 13.7. The van der Waals surface area contributed by atoms with Gasteiger partial charge in [0.15, 0.2) is 0 Å². The molecule has 0 aromatic heterocycles. The maximum atomic E-state index is 12.1. The van der Waals surface area contributed by atoms with E-state index in [1.165, 1.54) is 4.90 Å². The van der Waals surface area contributed by atoms with Crippen LogP contribution in [0.4, 0.5) is 0 Å². The Morgan fingerprint density at radius 2 is 2.06 bits per heavy atom. The largest absolute Gasteiger partial charge is 0.511 e. The zero-order valence-electron chi connectivity index (χ0n) is 10.8. The number of rotatable bonds is 4. The van der Waals surface area contributed by atoms with E-state index >= 15 is 0 Å². The van der Waals surface area contributed by atoms with Crippen molar-refractivity contribution in [3.05, 3.63) is 12.3 Å². The van der Waals surface area contributed by atoms with Crippen LogP contribution in [-0.2, 0) is 9.59 Å². The average molecular weight is 239 g/mol. The van der Waals surface area contributed by atoms with E-state index in [0.29, 0.717) is 19.4 Å². The van der Waals surface area contributed by atoms with Crippen molar-refractivity contribution in [1.82, 2.24) is 4.90 Å². The number of nitrogens with zero attached hydrogens (tertiary/aromatic N) is 1. The number of likely N-dealkylation sites (tertiary alicyclic amines) is 1. The topological polar surface area (TPSA) is 57.6 Å². The Morgan fingerprint density at radius 1 is 1.47 bits per heavy atom. The van der Waals surface area contributed by atoms with Gasteiger partial charge in [-0.25, -0.2) is 0 Å². The van der Waals surface area contributed by atoms with E-state index in [0.717, 1.165) is 6.42 Å². The van der Waals surface area contributed by atoms with E-state index in [9.17, 15) is 14.7 Å². The fourth-order valence-corrected chi connectivity index (χ4v) is 1.94. The van der Waals surface area contributed by atoms with Crippen LogP contribution in [0.15, 0.2) is 12.3 Å². The standard InChI is InChI=1S/C13H21NO3/c1-5-13(3,4)11(16)12(17)14-8-6-7-10(14)9(2)15/h10,15H,2,5-8H2,1,3-4H3/t10-/m0/s1. The van der Waals surface area contributed by atoms with E-state index in [1.807, 2.05) is 6.92 Å². The molecule has 1 rings (SSSR count). The van der Waals surface area contributed by atoms with E-state index in [-0.39, 0.29) is 17.6 Å². The number of hydrogen-bond donors (Lipinski definition) is 1. The van der Waals surface area contributed by atoms with Gasteiger partial charge in [0, 0.05) is 12.0 Å². The molecular formula is C13H21NO3. The van der Waals surface area contributed by atoms with Crippen molar-refractivity contribution < 1.29 is 14.7 Å². The minimum absolute atomic E-state index is 0.0297. The lowest BCUT2D eigenvalue weighted by atomic mass is 9.84. The Morgan fingerprint density at radius 3 is 2.53 bits per heavy atom. The van der Waals surface area contributed by atoms with Crippen molar-refractivity contribution in [1.29, 1.82) is 0 Å². The Kier molecular flexibility index (Phi) is 3.96. The summed E-state index contributed by atoms with van der Waals surface area (Å²) >= 11 is 0. The minimum Gasteiger partial charge on any atom is -0.511 e. The molecule has 0 unspecified atom stereocenters. The summed E-state index contributed by atoms with van der Waals surface area (Å²) in [6.07, 6.45) is 2.10. The highest BCUT2D eigenvalue weighted by molar-refractivity contribution is 6.38. The van der Waals surface area contributed by atoms with Gasteiger partial charge in [-0.3, -0.25) is 9.59 Å². The Hall–Kier alpha value is -1.32. The van der Waals surface area contributed by atoms with Gasteiger partial charge in [0.2, 0.25) is 5.78 Å².